The van der Waals surface area contributed by atoms with Gasteiger partial charge < -0.3 is 15.8 Å². The van der Waals surface area contributed by atoms with Crippen LogP contribution in [0.25, 0.3) is 5.69 Å². The highest BCUT2D eigenvalue weighted by Gasteiger charge is 2.44. The van der Waals surface area contributed by atoms with Crippen LogP contribution in [-0.4, -0.2) is 34.9 Å². The number of carbonyl (C=O) groups is 1. The number of aromatic nitrogens is 2. The fourth-order valence-corrected chi connectivity index (χ4v) is 2.32. The molecule has 110 valence electrons. The van der Waals surface area contributed by atoms with Crippen molar-refractivity contribution in [1.82, 2.24) is 9.78 Å². The van der Waals surface area contributed by atoms with E-state index >= 15 is 0 Å². The maximum Gasteiger partial charge on any atom is 0.234 e. The number of hydrogen-bond acceptors (Lipinski definition) is 4. The highest BCUT2D eigenvalue weighted by Crippen LogP contribution is 2.28. The number of amides is 1. The number of ether oxygens (including phenoxy) is 1. The van der Waals surface area contributed by atoms with Gasteiger partial charge >= 0.3 is 0 Å². The minimum atomic E-state index is -0.680. The lowest BCUT2D eigenvalue weighted by molar-refractivity contribution is -0.125. The van der Waals surface area contributed by atoms with Crippen LogP contribution < -0.4 is 11.1 Å². The first-order valence-corrected chi connectivity index (χ1v) is 6.84. The number of hydrogen-bond donors (Lipinski definition) is 2. The highest BCUT2D eigenvalue weighted by molar-refractivity contribution is 5.96. The maximum absolute atomic E-state index is 12.4. The molecule has 1 fully saturated rings. The van der Waals surface area contributed by atoms with Gasteiger partial charge in [0.05, 0.1) is 24.3 Å². The molecule has 0 radical (unpaired) electrons. The van der Waals surface area contributed by atoms with Crippen LogP contribution in [0.5, 0.6) is 0 Å². The maximum atomic E-state index is 12.4. The molecule has 0 aliphatic carbocycles. The summed E-state index contributed by atoms with van der Waals surface area (Å²) in [6.45, 7) is 2.60. The van der Waals surface area contributed by atoms with Gasteiger partial charge in [0.25, 0.3) is 0 Å². The molecule has 1 saturated heterocycles. The third-order valence-electron chi connectivity index (χ3n) is 3.93. The van der Waals surface area contributed by atoms with Gasteiger partial charge in [-0.3, -0.25) is 4.79 Å². The molecular formula is C15H18N4O2. The Morgan fingerprint density at radius 1 is 1.48 bits per heavy atom. The average molecular weight is 286 g/mol. The molecule has 1 aromatic heterocycles. The van der Waals surface area contributed by atoms with E-state index in [0.717, 1.165) is 11.4 Å². The topological polar surface area (TPSA) is 82.2 Å². The van der Waals surface area contributed by atoms with E-state index in [0.29, 0.717) is 13.2 Å². The van der Waals surface area contributed by atoms with Crippen LogP contribution in [0.15, 0.2) is 42.7 Å². The molecule has 3 rings (SSSR count). The summed E-state index contributed by atoms with van der Waals surface area (Å²) in [6, 6.07) is 9.07. The number of nitrogens with one attached hydrogen (secondary N) is 1. The molecule has 2 aromatic rings. The summed E-state index contributed by atoms with van der Waals surface area (Å²) in [6.07, 6.45) is 3.58. The van der Waals surface area contributed by atoms with Gasteiger partial charge in [-0.1, -0.05) is 0 Å². The molecular weight excluding hydrogens is 268 g/mol. The monoisotopic (exact) mass is 286 g/mol. The van der Waals surface area contributed by atoms with Crippen molar-refractivity contribution in [2.45, 2.75) is 13.0 Å². The minimum absolute atomic E-state index is 0.112. The van der Waals surface area contributed by atoms with Crippen LogP contribution in [-0.2, 0) is 9.53 Å². The highest BCUT2D eigenvalue weighted by atomic mass is 16.5. The largest absolute Gasteiger partial charge is 0.379 e. The molecule has 1 aliphatic heterocycles. The first kappa shape index (κ1) is 13.8. The van der Waals surface area contributed by atoms with Crippen molar-refractivity contribution < 1.29 is 9.53 Å². The number of nitrogens with zero attached hydrogens (tertiary/aromatic N) is 2. The second-order valence-electron chi connectivity index (χ2n) is 5.49. The van der Waals surface area contributed by atoms with Gasteiger partial charge in [-0.15, -0.1) is 0 Å². The molecule has 2 unspecified atom stereocenters. The van der Waals surface area contributed by atoms with Gasteiger partial charge in [-0.2, -0.15) is 5.10 Å². The number of benzene rings is 1. The normalized spacial score (nSPS) is 25.0. The average Bonchev–Trinajstić information content (AvgIpc) is 3.12. The first-order valence-electron chi connectivity index (χ1n) is 6.84. The van der Waals surface area contributed by atoms with Crippen molar-refractivity contribution in [1.29, 1.82) is 0 Å². The summed E-state index contributed by atoms with van der Waals surface area (Å²) >= 11 is 0. The molecule has 21 heavy (non-hydrogen) atoms. The van der Waals surface area contributed by atoms with Gasteiger partial charge in [-0.05, 0) is 37.3 Å². The van der Waals surface area contributed by atoms with Gasteiger partial charge in [0.1, 0.15) is 0 Å². The Morgan fingerprint density at radius 2 is 2.24 bits per heavy atom. The second-order valence-corrected chi connectivity index (χ2v) is 5.49. The molecule has 2 heterocycles. The van der Waals surface area contributed by atoms with Crippen molar-refractivity contribution in [2.75, 3.05) is 18.5 Å². The van der Waals surface area contributed by atoms with Crippen molar-refractivity contribution in [2.24, 2.45) is 11.1 Å². The predicted molar refractivity (Wildman–Crippen MR) is 79.1 cm³/mol. The van der Waals surface area contributed by atoms with Crippen molar-refractivity contribution in [3.05, 3.63) is 42.7 Å². The molecule has 1 amide bonds. The molecule has 0 saturated carbocycles. The lowest BCUT2D eigenvalue weighted by Gasteiger charge is -2.25. The number of anilines is 1. The lowest BCUT2D eigenvalue weighted by Crippen LogP contribution is -2.47. The Labute approximate surface area is 122 Å². The van der Waals surface area contributed by atoms with Gasteiger partial charge in [0.2, 0.25) is 5.91 Å². The van der Waals surface area contributed by atoms with Gasteiger partial charge in [0, 0.05) is 24.1 Å². The molecule has 0 bridgehead atoms. The molecule has 6 heteroatoms. The summed E-state index contributed by atoms with van der Waals surface area (Å²) < 4.78 is 7.06. The molecule has 1 aliphatic rings. The summed E-state index contributed by atoms with van der Waals surface area (Å²) in [5.41, 5.74) is 6.95. The number of carbonyl (C=O) groups excluding carboxylic acids is 1. The van der Waals surface area contributed by atoms with Crippen molar-refractivity contribution >= 4 is 11.6 Å². The first-order chi connectivity index (χ1) is 10.1. The van der Waals surface area contributed by atoms with Gasteiger partial charge in [0.15, 0.2) is 0 Å². The Morgan fingerprint density at radius 3 is 2.81 bits per heavy atom. The van der Waals surface area contributed by atoms with Crippen LogP contribution in [0.3, 0.4) is 0 Å². The van der Waals surface area contributed by atoms with Gasteiger partial charge in [-0.25, -0.2) is 4.68 Å². The molecule has 3 N–H and O–H groups in total. The van der Waals surface area contributed by atoms with E-state index in [9.17, 15) is 4.79 Å². The fraction of sp³-hybridized carbons (Fsp3) is 0.333. The van der Waals surface area contributed by atoms with E-state index < -0.39 is 5.41 Å². The van der Waals surface area contributed by atoms with Crippen LogP contribution >= 0.6 is 0 Å². The molecule has 6 nitrogen and oxygen atoms in total. The number of nitrogens with two attached hydrogens (primary N) is 1. The van der Waals surface area contributed by atoms with Crippen LogP contribution in [0.1, 0.15) is 6.92 Å². The second kappa shape index (κ2) is 5.31. The molecule has 2 atom stereocenters. The van der Waals surface area contributed by atoms with Crippen molar-refractivity contribution in [3.63, 3.8) is 0 Å². The van der Waals surface area contributed by atoms with E-state index in [1.165, 1.54) is 0 Å². The Hall–Kier alpha value is -2.18. The summed E-state index contributed by atoms with van der Waals surface area (Å²) in [4.78, 5) is 12.4. The SMILES string of the molecule is CC1(C(=O)Nc2ccc(-n3cccn3)cc2)COCC1N. The summed E-state index contributed by atoms with van der Waals surface area (Å²) in [5.74, 6) is -0.112. The molecule has 0 spiro atoms. The zero-order valence-electron chi connectivity index (χ0n) is 11.8. The van der Waals surface area contributed by atoms with Crippen LogP contribution in [0.4, 0.5) is 5.69 Å². The predicted octanol–water partition coefficient (Wildman–Crippen LogP) is 1.17. The van der Waals surface area contributed by atoms with Crippen molar-refractivity contribution in [3.8, 4) is 5.69 Å². The minimum Gasteiger partial charge on any atom is -0.379 e. The number of rotatable bonds is 3. The Balaban J connectivity index is 1.72. The summed E-state index contributed by atoms with van der Waals surface area (Å²) in [5, 5.41) is 7.06. The zero-order valence-corrected chi connectivity index (χ0v) is 11.8. The van der Waals surface area contributed by atoms with E-state index in [1.807, 2.05) is 43.5 Å². The summed E-state index contributed by atoms with van der Waals surface area (Å²) in [7, 11) is 0. The van der Waals surface area contributed by atoms with Crippen LogP contribution in [0, 0.1) is 5.41 Å². The zero-order chi connectivity index (χ0) is 14.9. The Kier molecular flexibility index (Phi) is 3.48. The smallest absolute Gasteiger partial charge is 0.234 e. The van der Waals surface area contributed by atoms with E-state index in [4.69, 9.17) is 10.5 Å². The fourth-order valence-electron chi connectivity index (χ4n) is 2.32. The van der Waals surface area contributed by atoms with E-state index in [-0.39, 0.29) is 11.9 Å². The van der Waals surface area contributed by atoms with E-state index in [2.05, 4.69) is 10.4 Å². The quantitative estimate of drug-likeness (QED) is 0.887. The third kappa shape index (κ3) is 2.55. The molecule has 1 aromatic carbocycles. The van der Waals surface area contributed by atoms with E-state index in [1.54, 1.807) is 10.9 Å². The standard InChI is InChI=1S/C15H18N4O2/c1-15(10-21-9-13(15)16)14(20)18-11-3-5-12(6-4-11)19-8-2-7-17-19/h2-8,13H,9-10,16H2,1H3,(H,18,20). The lowest BCUT2D eigenvalue weighted by atomic mass is 9.85. The van der Waals surface area contributed by atoms with Crippen LogP contribution in [0.2, 0.25) is 0 Å². The third-order valence-corrected chi connectivity index (χ3v) is 3.93. The Bertz CT molecular complexity index is 624.